The van der Waals surface area contributed by atoms with Gasteiger partial charge in [-0.15, -0.1) is 0 Å². The fraction of sp³-hybridized carbons (Fsp3) is 0.533. The first kappa shape index (κ1) is 11.9. The molecule has 2 aromatic rings. The molecule has 0 aliphatic heterocycles. The van der Waals surface area contributed by atoms with Crippen molar-refractivity contribution in [3.8, 4) is 0 Å². The van der Waals surface area contributed by atoms with Gasteiger partial charge in [0.1, 0.15) is 5.65 Å². The molecule has 3 nitrogen and oxygen atoms in total. The highest BCUT2D eigenvalue weighted by molar-refractivity contribution is 9.10. The molecular weight excluding hydrogens is 304 g/mol. The molecule has 0 unspecified atom stereocenters. The molecule has 2 aliphatic rings. The van der Waals surface area contributed by atoms with Gasteiger partial charge in [0.2, 0.25) is 0 Å². The summed E-state index contributed by atoms with van der Waals surface area (Å²) in [5, 5.41) is 10.3. The van der Waals surface area contributed by atoms with Gasteiger partial charge >= 0.3 is 0 Å². The number of fused-ring (bicyclic) bond motifs is 1. The van der Waals surface area contributed by atoms with E-state index in [2.05, 4.69) is 43.8 Å². The minimum Gasteiger partial charge on any atom is -0.396 e. The first-order valence-electron chi connectivity index (χ1n) is 6.92. The Kier molecular flexibility index (Phi) is 2.55. The third-order valence-electron chi connectivity index (χ3n) is 4.95. The number of aliphatic hydroxyl groups excluding tert-OH is 1. The third-order valence-corrected chi connectivity index (χ3v) is 5.39. The van der Waals surface area contributed by atoms with Crippen LogP contribution < -0.4 is 0 Å². The fourth-order valence-electron chi connectivity index (χ4n) is 4.08. The van der Waals surface area contributed by atoms with Crippen molar-refractivity contribution in [2.24, 2.45) is 11.3 Å². The zero-order chi connectivity index (χ0) is 13.0. The molecule has 1 spiro atoms. The lowest BCUT2D eigenvalue weighted by molar-refractivity contribution is -0.0764. The van der Waals surface area contributed by atoms with Crippen LogP contribution in [0.5, 0.6) is 0 Å². The SMILES string of the molecule is OCC1CC2(C1)CC(n1ccc3cc(Br)cnc31)C2. The number of aliphatic hydroxyl groups is 1. The standard InChI is InChI=1S/C15H17BrN2O/c16-12-3-11-1-2-18(14(11)17-8-12)13-6-15(7-13)4-10(5-15)9-19/h1-3,8,10,13,19H,4-7,9H2. The van der Waals surface area contributed by atoms with E-state index in [4.69, 9.17) is 5.11 Å². The van der Waals surface area contributed by atoms with Crippen LogP contribution in [0.3, 0.4) is 0 Å². The number of hydrogen-bond acceptors (Lipinski definition) is 2. The molecule has 100 valence electrons. The number of aromatic nitrogens is 2. The van der Waals surface area contributed by atoms with E-state index in [1.54, 1.807) is 0 Å². The van der Waals surface area contributed by atoms with Crippen molar-refractivity contribution in [3.63, 3.8) is 0 Å². The van der Waals surface area contributed by atoms with E-state index in [9.17, 15) is 0 Å². The van der Waals surface area contributed by atoms with E-state index < -0.39 is 0 Å². The Morgan fingerprint density at radius 3 is 2.89 bits per heavy atom. The molecule has 0 radical (unpaired) electrons. The molecule has 0 aromatic carbocycles. The summed E-state index contributed by atoms with van der Waals surface area (Å²) in [6.45, 7) is 0.369. The van der Waals surface area contributed by atoms with Crippen LogP contribution in [0.25, 0.3) is 11.0 Å². The third kappa shape index (κ3) is 1.77. The van der Waals surface area contributed by atoms with Gasteiger partial charge < -0.3 is 9.67 Å². The molecule has 4 rings (SSSR count). The normalized spacial score (nSPS) is 33.4. The predicted molar refractivity (Wildman–Crippen MR) is 77.9 cm³/mol. The summed E-state index contributed by atoms with van der Waals surface area (Å²) in [4.78, 5) is 4.54. The monoisotopic (exact) mass is 320 g/mol. The van der Waals surface area contributed by atoms with Crippen molar-refractivity contribution >= 4 is 27.0 Å². The average molecular weight is 321 g/mol. The van der Waals surface area contributed by atoms with Gasteiger partial charge in [-0.25, -0.2) is 4.98 Å². The summed E-state index contributed by atoms with van der Waals surface area (Å²) in [5.74, 6) is 0.566. The quantitative estimate of drug-likeness (QED) is 0.919. The summed E-state index contributed by atoms with van der Waals surface area (Å²) in [5.41, 5.74) is 1.64. The first-order chi connectivity index (χ1) is 9.19. The Bertz CT molecular complexity index is 622. The average Bonchev–Trinajstić information content (AvgIpc) is 2.69. The second-order valence-corrected chi connectivity index (χ2v) is 7.22. The number of rotatable bonds is 2. The minimum absolute atomic E-state index is 0.369. The summed E-state index contributed by atoms with van der Waals surface area (Å²) in [6.07, 6.45) is 8.99. The second kappa shape index (κ2) is 4.06. The summed E-state index contributed by atoms with van der Waals surface area (Å²) >= 11 is 3.47. The van der Waals surface area contributed by atoms with E-state index >= 15 is 0 Å². The number of hydrogen-bond donors (Lipinski definition) is 1. The van der Waals surface area contributed by atoms with Crippen molar-refractivity contribution in [1.29, 1.82) is 0 Å². The number of pyridine rings is 1. The molecule has 2 fully saturated rings. The molecule has 4 heteroatoms. The molecule has 2 saturated carbocycles. The van der Waals surface area contributed by atoms with Gasteiger partial charge in [-0.05, 0) is 65.1 Å². The lowest BCUT2D eigenvalue weighted by Gasteiger charge is -2.57. The summed E-state index contributed by atoms with van der Waals surface area (Å²) in [6, 6.07) is 4.87. The van der Waals surface area contributed by atoms with Crippen LogP contribution >= 0.6 is 15.9 Å². The number of nitrogens with zero attached hydrogens (tertiary/aromatic N) is 2. The van der Waals surface area contributed by atoms with Gasteiger partial charge in [0, 0.05) is 34.9 Å². The molecule has 0 amide bonds. The predicted octanol–water partition coefficient (Wildman–Crippen LogP) is 3.52. The number of halogens is 1. The van der Waals surface area contributed by atoms with Crippen LogP contribution in [0.1, 0.15) is 31.7 Å². The van der Waals surface area contributed by atoms with Gasteiger partial charge in [-0.3, -0.25) is 0 Å². The van der Waals surface area contributed by atoms with Crippen LogP contribution in [0.15, 0.2) is 29.0 Å². The summed E-state index contributed by atoms with van der Waals surface area (Å²) < 4.78 is 3.37. The van der Waals surface area contributed by atoms with Crippen molar-refractivity contribution in [2.75, 3.05) is 6.61 Å². The molecule has 0 saturated heterocycles. The minimum atomic E-state index is 0.369. The Morgan fingerprint density at radius 1 is 1.37 bits per heavy atom. The maximum Gasteiger partial charge on any atom is 0.140 e. The molecule has 1 N–H and O–H groups in total. The Morgan fingerprint density at radius 2 is 2.16 bits per heavy atom. The van der Waals surface area contributed by atoms with Crippen LogP contribution in [0.4, 0.5) is 0 Å². The van der Waals surface area contributed by atoms with Crippen LogP contribution in [-0.4, -0.2) is 21.3 Å². The Balaban J connectivity index is 1.54. The lowest BCUT2D eigenvalue weighted by Crippen LogP contribution is -2.48. The van der Waals surface area contributed by atoms with E-state index in [1.165, 1.54) is 31.1 Å². The highest BCUT2D eigenvalue weighted by Crippen LogP contribution is 2.62. The van der Waals surface area contributed by atoms with Gasteiger partial charge in [0.05, 0.1) is 0 Å². The van der Waals surface area contributed by atoms with Crippen LogP contribution in [0.2, 0.25) is 0 Å². The molecule has 2 aliphatic carbocycles. The zero-order valence-corrected chi connectivity index (χ0v) is 12.3. The van der Waals surface area contributed by atoms with Crippen molar-refractivity contribution < 1.29 is 5.11 Å². The molecule has 0 bridgehead atoms. The molecule has 0 atom stereocenters. The van der Waals surface area contributed by atoms with Gasteiger partial charge in [0.25, 0.3) is 0 Å². The lowest BCUT2D eigenvalue weighted by atomic mass is 9.50. The topological polar surface area (TPSA) is 38.0 Å². The first-order valence-corrected chi connectivity index (χ1v) is 7.71. The fourth-order valence-corrected chi connectivity index (χ4v) is 4.42. The smallest absolute Gasteiger partial charge is 0.140 e. The van der Waals surface area contributed by atoms with E-state index in [-0.39, 0.29) is 0 Å². The summed E-state index contributed by atoms with van der Waals surface area (Å²) in [7, 11) is 0. The van der Waals surface area contributed by atoms with E-state index in [1.807, 2.05) is 6.20 Å². The van der Waals surface area contributed by atoms with Gasteiger partial charge in [-0.2, -0.15) is 0 Å². The Labute approximate surface area is 120 Å². The van der Waals surface area contributed by atoms with Crippen molar-refractivity contribution in [1.82, 2.24) is 9.55 Å². The van der Waals surface area contributed by atoms with Gasteiger partial charge in [-0.1, -0.05) is 0 Å². The van der Waals surface area contributed by atoms with Crippen molar-refractivity contribution in [2.45, 2.75) is 31.7 Å². The molecule has 2 heterocycles. The van der Waals surface area contributed by atoms with Gasteiger partial charge in [0.15, 0.2) is 0 Å². The van der Waals surface area contributed by atoms with E-state index in [0.717, 1.165) is 10.1 Å². The van der Waals surface area contributed by atoms with E-state index in [0.29, 0.717) is 24.0 Å². The molecular formula is C15H17BrN2O. The Hall–Kier alpha value is -0.870. The zero-order valence-electron chi connectivity index (χ0n) is 10.7. The molecule has 19 heavy (non-hydrogen) atoms. The highest BCUT2D eigenvalue weighted by Gasteiger charge is 2.53. The largest absolute Gasteiger partial charge is 0.396 e. The maximum absolute atomic E-state index is 9.14. The highest BCUT2D eigenvalue weighted by atomic mass is 79.9. The maximum atomic E-state index is 9.14. The second-order valence-electron chi connectivity index (χ2n) is 6.31. The van der Waals surface area contributed by atoms with Crippen molar-refractivity contribution in [3.05, 3.63) is 29.0 Å². The van der Waals surface area contributed by atoms with Crippen LogP contribution in [-0.2, 0) is 0 Å². The molecule has 2 aromatic heterocycles. The van der Waals surface area contributed by atoms with Crippen LogP contribution in [0, 0.1) is 11.3 Å².